The van der Waals surface area contributed by atoms with Gasteiger partial charge in [0.15, 0.2) is 11.5 Å². The minimum Gasteiger partial charge on any atom is -0.493 e. The Morgan fingerprint density at radius 1 is 1.20 bits per heavy atom. The second-order valence-corrected chi connectivity index (χ2v) is 4.51. The second kappa shape index (κ2) is 6.96. The molecule has 0 atom stereocenters. The van der Waals surface area contributed by atoms with E-state index in [1.807, 2.05) is 37.6 Å². The fourth-order valence-electron chi connectivity index (χ4n) is 2.12. The van der Waals surface area contributed by atoms with Crippen molar-refractivity contribution in [3.8, 4) is 11.5 Å². The molecule has 1 heterocycles. The summed E-state index contributed by atoms with van der Waals surface area (Å²) in [6.45, 7) is 1.84. The van der Waals surface area contributed by atoms with Gasteiger partial charge >= 0.3 is 0 Å². The molecule has 2 aromatic rings. The number of ether oxygens (including phenoxy) is 2. The van der Waals surface area contributed by atoms with Crippen LogP contribution in [0.1, 0.15) is 11.4 Å². The van der Waals surface area contributed by atoms with Crippen LogP contribution in [0, 0.1) is 0 Å². The molecule has 2 rings (SSSR count). The smallest absolute Gasteiger partial charge is 0.161 e. The number of hydrogen-bond donors (Lipinski definition) is 1. The summed E-state index contributed by atoms with van der Waals surface area (Å²) in [5, 5.41) is 3.15. The molecule has 5 nitrogen and oxygen atoms in total. The quantitative estimate of drug-likeness (QED) is 0.835. The monoisotopic (exact) mass is 275 g/mol. The minimum atomic E-state index is 0.745. The molecule has 0 aliphatic carbocycles. The van der Waals surface area contributed by atoms with E-state index in [0.29, 0.717) is 0 Å². The zero-order valence-electron chi connectivity index (χ0n) is 12.2. The molecule has 0 saturated heterocycles. The largest absolute Gasteiger partial charge is 0.493 e. The lowest BCUT2D eigenvalue weighted by molar-refractivity contribution is 0.354. The summed E-state index contributed by atoms with van der Waals surface area (Å²) in [6, 6.07) is 5.96. The third kappa shape index (κ3) is 3.30. The first kappa shape index (κ1) is 14.4. The van der Waals surface area contributed by atoms with Crippen molar-refractivity contribution in [2.75, 3.05) is 27.8 Å². The molecule has 1 aromatic heterocycles. The van der Waals surface area contributed by atoms with E-state index in [4.69, 9.17) is 9.47 Å². The van der Waals surface area contributed by atoms with E-state index >= 15 is 0 Å². The van der Waals surface area contributed by atoms with Gasteiger partial charge in [0.1, 0.15) is 5.82 Å². The molecule has 1 aromatic carbocycles. The summed E-state index contributed by atoms with van der Waals surface area (Å²) in [6.07, 6.45) is 4.62. The van der Waals surface area contributed by atoms with Crippen LogP contribution in [0.3, 0.4) is 0 Å². The van der Waals surface area contributed by atoms with Crippen molar-refractivity contribution in [1.29, 1.82) is 0 Å². The van der Waals surface area contributed by atoms with E-state index in [1.54, 1.807) is 14.2 Å². The summed E-state index contributed by atoms with van der Waals surface area (Å²) >= 11 is 0. The van der Waals surface area contributed by atoms with Crippen molar-refractivity contribution in [3.63, 3.8) is 0 Å². The maximum Gasteiger partial charge on any atom is 0.161 e. The third-order valence-electron chi connectivity index (χ3n) is 3.21. The maximum absolute atomic E-state index is 5.33. The standard InChI is InChI=1S/C15H21N3O2/c1-16-6-8-18-9-7-17-15(18)11-12-4-5-13(19-2)14(10-12)20-3/h4-5,7,9-10,16H,6,8,11H2,1-3H3. The molecule has 0 saturated carbocycles. The highest BCUT2D eigenvalue weighted by atomic mass is 16.5. The summed E-state index contributed by atoms with van der Waals surface area (Å²) in [5.74, 6) is 2.54. The lowest BCUT2D eigenvalue weighted by Crippen LogP contribution is -2.16. The van der Waals surface area contributed by atoms with Crippen LogP contribution in [-0.2, 0) is 13.0 Å². The number of likely N-dealkylation sites (N-methyl/N-ethyl adjacent to an activating group) is 1. The van der Waals surface area contributed by atoms with Crippen LogP contribution < -0.4 is 14.8 Å². The van der Waals surface area contributed by atoms with Crippen LogP contribution >= 0.6 is 0 Å². The number of aromatic nitrogens is 2. The maximum atomic E-state index is 5.33. The van der Waals surface area contributed by atoms with Crippen molar-refractivity contribution in [2.45, 2.75) is 13.0 Å². The fourth-order valence-corrected chi connectivity index (χ4v) is 2.12. The Morgan fingerprint density at radius 2 is 2.00 bits per heavy atom. The minimum absolute atomic E-state index is 0.745. The molecule has 20 heavy (non-hydrogen) atoms. The molecular formula is C15H21N3O2. The summed E-state index contributed by atoms with van der Waals surface area (Å²) in [4.78, 5) is 4.43. The molecule has 0 amide bonds. The average molecular weight is 275 g/mol. The number of methoxy groups -OCH3 is 2. The van der Waals surface area contributed by atoms with Crippen LogP contribution in [-0.4, -0.2) is 37.4 Å². The van der Waals surface area contributed by atoms with E-state index in [-0.39, 0.29) is 0 Å². The zero-order chi connectivity index (χ0) is 14.4. The normalized spacial score (nSPS) is 10.6. The Kier molecular flexibility index (Phi) is 5.01. The van der Waals surface area contributed by atoms with Gasteiger partial charge in [-0.25, -0.2) is 4.98 Å². The highest BCUT2D eigenvalue weighted by molar-refractivity contribution is 5.43. The van der Waals surface area contributed by atoms with E-state index in [0.717, 1.165) is 42.4 Å². The lowest BCUT2D eigenvalue weighted by atomic mass is 10.1. The number of benzene rings is 1. The first-order chi connectivity index (χ1) is 9.78. The van der Waals surface area contributed by atoms with Gasteiger partial charge in [0.2, 0.25) is 0 Å². The Labute approximate surface area is 119 Å². The first-order valence-corrected chi connectivity index (χ1v) is 6.64. The number of nitrogens with zero attached hydrogens (tertiary/aromatic N) is 2. The Bertz CT molecular complexity index is 552. The third-order valence-corrected chi connectivity index (χ3v) is 3.21. The van der Waals surface area contributed by atoms with Crippen LogP contribution in [0.15, 0.2) is 30.6 Å². The van der Waals surface area contributed by atoms with Crippen molar-refractivity contribution >= 4 is 0 Å². The Morgan fingerprint density at radius 3 is 2.70 bits per heavy atom. The van der Waals surface area contributed by atoms with E-state index in [9.17, 15) is 0 Å². The average Bonchev–Trinajstić information content (AvgIpc) is 2.92. The van der Waals surface area contributed by atoms with Crippen molar-refractivity contribution in [1.82, 2.24) is 14.9 Å². The molecule has 0 spiro atoms. The predicted octanol–water partition coefficient (Wildman–Crippen LogP) is 1.71. The molecule has 0 aliphatic heterocycles. The van der Waals surface area contributed by atoms with Gasteiger partial charge in [0.05, 0.1) is 14.2 Å². The molecule has 0 radical (unpaired) electrons. The highest BCUT2D eigenvalue weighted by Gasteiger charge is 2.08. The van der Waals surface area contributed by atoms with Gasteiger partial charge < -0.3 is 19.4 Å². The van der Waals surface area contributed by atoms with Crippen molar-refractivity contribution in [3.05, 3.63) is 42.0 Å². The van der Waals surface area contributed by atoms with Gasteiger partial charge in [-0.2, -0.15) is 0 Å². The topological polar surface area (TPSA) is 48.3 Å². The zero-order valence-corrected chi connectivity index (χ0v) is 12.2. The van der Waals surface area contributed by atoms with Crippen LogP contribution in [0.5, 0.6) is 11.5 Å². The SMILES string of the molecule is CNCCn1ccnc1Cc1ccc(OC)c(OC)c1. The van der Waals surface area contributed by atoms with Gasteiger partial charge in [-0.3, -0.25) is 0 Å². The van der Waals surface area contributed by atoms with Crippen molar-refractivity contribution in [2.24, 2.45) is 0 Å². The summed E-state index contributed by atoms with van der Waals surface area (Å²) in [5.41, 5.74) is 1.15. The molecule has 0 unspecified atom stereocenters. The lowest BCUT2D eigenvalue weighted by Gasteiger charge is -2.11. The Balaban J connectivity index is 2.15. The number of imidazole rings is 1. The van der Waals surface area contributed by atoms with E-state index in [1.165, 1.54) is 0 Å². The van der Waals surface area contributed by atoms with Crippen LogP contribution in [0.4, 0.5) is 0 Å². The summed E-state index contributed by atoms with van der Waals surface area (Å²) in [7, 11) is 5.24. The highest BCUT2D eigenvalue weighted by Crippen LogP contribution is 2.28. The molecule has 0 fully saturated rings. The second-order valence-electron chi connectivity index (χ2n) is 4.51. The van der Waals surface area contributed by atoms with Gasteiger partial charge in [0.25, 0.3) is 0 Å². The number of nitrogens with one attached hydrogen (secondary N) is 1. The molecule has 108 valence electrons. The molecule has 1 N–H and O–H groups in total. The fraction of sp³-hybridized carbons (Fsp3) is 0.400. The molecule has 0 bridgehead atoms. The molecule has 5 heteroatoms. The van der Waals surface area contributed by atoms with E-state index in [2.05, 4.69) is 14.9 Å². The van der Waals surface area contributed by atoms with Gasteiger partial charge in [-0.05, 0) is 24.7 Å². The molecular weight excluding hydrogens is 254 g/mol. The van der Waals surface area contributed by atoms with Gasteiger partial charge in [-0.1, -0.05) is 6.07 Å². The number of hydrogen-bond acceptors (Lipinski definition) is 4. The van der Waals surface area contributed by atoms with Crippen molar-refractivity contribution < 1.29 is 9.47 Å². The molecule has 0 aliphatic rings. The number of rotatable bonds is 7. The van der Waals surface area contributed by atoms with Crippen LogP contribution in [0.2, 0.25) is 0 Å². The van der Waals surface area contributed by atoms with Crippen LogP contribution in [0.25, 0.3) is 0 Å². The van der Waals surface area contributed by atoms with Gasteiger partial charge in [0, 0.05) is 31.9 Å². The van der Waals surface area contributed by atoms with E-state index < -0.39 is 0 Å². The predicted molar refractivity (Wildman–Crippen MR) is 78.5 cm³/mol. The first-order valence-electron chi connectivity index (χ1n) is 6.64. The van der Waals surface area contributed by atoms with Gasteiger partial charge in [-0.15, -0.1) is 0 Å². The summed E-state index contributed by atoms with van der Waals surface area (Å²) < 4.78 is 12.7. The Hall–Kier alpha value is -2.01.